The quantitative estimate of drug-likeness (QED) is 0.804. The molecule has 0 saturated carbocycles. The van der Waals surface area contributed by atoms with E-state index in [4.69, 9.17) is 16.7 Å². The second kappa shape index (κ2) is 5.63. The van der Waals surface area contributed by atoms with Gasteiger partial charge in [0.1, 0.15) is 5.75 Å². The molecule has 3 N–H and O–H groups in total. The fraction of sp³-hybridized carbons (Fsp3) is 0.0714. The van der Waals surface area contributed by atoms with Crippen LogP contribution in [0.3, 0.4) is 0 Å². The summed E-state index contributed by atoms with van der Waals surface area (Å²) >= 11 is 5.89. The summed E-state index contributed by atoms with van der Waals surface area (Å²) < 4.78 is 0. The van der Waals surface area contributed by atoms with Crippen molar-refractivity contribution in [1.29, 1.82) is 0 Å². The molecule has 4 nitrogen and oxygen atoms in total. The molecule has 98 valence electrons. The molecular weight excluding hydrogens is 266 g/mol. The van der Waals surface area contributed by atoms with Gasteiger partial charge in [-0.1, -0.05) is 29.8 Å². The van der Waals surface area contributed by atoms with Crippen LogP contribution in [-0.2, 0) is 6.54 Å². The lowest BCUT2D eigenvalue weighted by Crippen LogP contribution is -2.19. The first-order valence-electron chi connectivity index (χ1n) is 5.60. The molecule has 0 radical (unpaired) electrons. The molecule has 2 aromatic rings. The fourth-order valence-electron chi connectivity index (χ4n) is 1.78. The molecule has 0 fully saturated rings. The third-order valence-electron chi connectivity index (χ3n) is 2.59. The highest BCUT2D eigenvalue weighted by Crippen LogP contribution is 2.28. The van der Waals surface area contributed by atoms with E-state index in [0.29, 0.717) is 5.02 Å². The zero-order valence-corrected chi connectivity index (χ0v) is 10.7. The number of carboxylic acid groups (broad SMARTS) is 1. The number of halogens is 1. The molecule has 0 bridgehead atoms. The van der Waals surface area contributed by atoms with Gasteiger partial charge in [0.05, 0.1) is 0 Å². The highest BCUT2D eigenvalue weighted by atomic mass is 35.5. The Labute approximate surface area is 115 Å². The van der Waals surface area contributed by atoms with Crippen molar-refractivity contribution in [3.8, 4) is 16.9 Å². The highest BCUT2D eigenvalue weighted by molar-refractivity contribution is 6.31. The van der Waals surface area contributed by atoms with Crippen LogP contribution in [0.15, 0.2) is 42.5 Å². The maximum Gasteiger partial charge on any atom is 0.404 e. The van der Waals surface area contributed by atoms with Gasteiger partial charge in [-0.25, -0.2) is 4.79 Å². The van der Waals surface area contributed by atoms with Crippen LogP contribution in [0.2, 0.25) is 5.02 Å². The van der Waals surface area contributed by atoms with Crippen LogP contribution in [0.4, 0.5) is 4.79 Å². The van der Waals surface area contributed by atoms with Gasteiger partial charge < -0.3 is 15.5 Å². The number of carbonyl (C=O) groups is 1. The van der Waals surface area contributed by atoms with Gasteiger partial charge in [-0.2, -0.15) is 0 Å². The summed E-state index contributed by atoms with van der Waals surface area (Å²) in [5, 5.41) is 20.9. The molecule has 0 aliphatic carbocycles. The second-order valence-electron chi connectivity index (χ2n) is 4.06. The lowest BCUT2D eigenvalue weighted by atomic mass is 10.0. The summed E-state index contributed by atoms with van der Waals surface area (Å²) in [7, 11) is 0. The second-order valence-corrected chi connectivity index (χ2v) is 4.49. The molecular formula is C14H12ClNO3. The molecule has 0 unspecified atom stereocenters. The van der Waals surface area contributed by atoms with Crippen molar-refractivity contribution in [3.63, 3.8) is 0 Å². The molecule has 0 heterocycles. The van der Waals surface area contributed by atoms with Crippen molar-refractivity contribution in [1.82, 2.24) is 5.32 Å². The van der Waals surface area contributed by atoms with Gasteiger partial charge >= 0.3 is 6.09 Å². The van der Waals surface area contributed by atoms with E-state index >= 15 is 0 Å². The standard InChI is InChI=1S/C14H12ClNO3/c15-12-5-11(6-13(17)7-12)10-3-1-2-9(4-10)8-16-14(18)19/h1-7,16-17H,8H2,(H,18,19). The Hall–Kier alpha value is -2.20. The number of hydrogen-bond acceptors (Lipinski definition) is 2. The smallest absolute Gasteiger partial charge is 0.404 e. The molecule has 2 aromatic carbocycles. The van der Waals surface area contributed by atoms with E-state index in [0.717, 1.165) is 16.7 Å². The number of phenols is 1. The van der Waals surface area contributed by atoms with E-state index in [1.54, 1.807) is 12.1 Å². The molecule has 2 rings (SSSR count). The predicted molar refractivity (Wildman–Crippen MR) is 73.4 cm³/mol. The van der Waals surface area contributed by atoms with Gasteiger partial charge in [0.2, 0.25) is 0 Å². The van der Waals surface area contributed by atoms with Crippen molar-refractivity contribution >= 4 is 17.7 Å². The molecule has 0 aliphatic heterocycles. The number of rotatable bonds is 3. The molecule has 0 spiro atoms. The molecule has 1 amide bonds. The topological polar surface area (TPSA) is 69.6 Å². The van der Waals surface area contributed by atoms with Crippen LogP contribution in [0, 0.1) is 0 Å². The zero-order valence-electron chi connectivity index (χ0n) is 9.93. The Morgan fingerprint density at radius 1 is 1.16 bits per heavy atom. The predicted octanol–water partition coefficient (Wildman–Crippen LogP) is 3.48. The van der Waals surface area contributed by atoms with Crippen molar-refractivity contribution in [2.45, 2.75) is 6.54 Å². The number of nitrogens with one attached hydrogen (secondary N) is 1. The lowest BCUT2D eigenvalue weighted by molar-refractivity contribution is 0.194. The normalized spacial score (nSPS) is 10.2. The van der Waals surface area contributed by atoms with E-state index in [1.165, 1.54) is 6.07 Å². The Kier molecular flexibility index (Phi) is 3.92. The van der Waals surface area contributed by atoms with Gasteiger partial charge in [0.25, 0.3) is 0 Å². The van der Waals surface area contributed by atoms with E-state index in [9.17, 15) is 9.90 Å². The van der Waals surface area contributed by atoms with E-state index < -0.39 is 6.09 Å². The first kappa shape index (κ1) is 13.2. The van der Waals surface area contributed by atoms with E-state index in [2.05, 4.69) is 5.32 Å². The fourth-order valence-corrected chi connectivity index (χ4v) is 2.01. The van der Waals surface area contributed by atoms with Crippen molar-refractivity contribution in [2.24, 2.45) is 0 Å². The number of hydrogen-bond donors (Lipinski definition) is 3. The van der Waals surface area contributed by atoms with Crippen LogP contribution in [-0.4, -0.2) is 16.3 Å². The average molecular weight is 278 g/mol. The van der Waals surface area contributed by atoms with E-state index in [-0.39, 0.29) is 12.3 Å². The minimum atomic E-state index is -1.06. The van der Waals surface area contributed by atoms with Gasteiger partial charge in [-0.05, 0) is 41.0 Å². The highest BCUT2D eigenvalue weighted by Gasteiger charge is 2.03. The zero-order chi connectivity index (χ0) is 13.8. The van der Waals surface area contributed by atoms with Crippen LogP contribution in [0.25, 0.3) is 11.1 Å². The first-order valence-corrected chi connectivity index (χ1v) is 5.98. The molecule has 19 heavy (non-hydrogen) atoms. The Morgan fingerprint density at radius 2 is 1.95 bits per heavy atom. The Morgan fingerprint density at radius 3 is 2.63 bits per heavy atom. The van der Waals surface area contributed by atoms with E-state index in [1.807, 2.05) is 24.3 Å². The number of phenolic OH excluding ortho intramolecular Hbond substituents is 1. The number of aromatic hydroxyl groups is 1. The first-order chi connectivity index (χ1) is 9.04. The molecule has 0 aromatic heterocycles. The van der Waals surface area contributed by atoms with Crippen LogP contribution >= 0.6 is 11.6 Å². The monoisotopic (exact) mass is 277 g/mol. The Bertz CT molecular complexity index is 593. The summed E-state index contributed by atoms with van der Waals surface area (Å²) in [5.41, 5.74) is 2.48. The maximum atomic E-state index is 10.5. The van der Waals surface area contributed by atoms with Gasteiger partial charge in [-0.3, -0.25) is 0 Å². The van der Waals surface area contributed by atoms with Crippen molar-refractivity contribution < 1.29 is 15.0 Å². The van der Waals surface area contributed by atoms with Crippen LogP contribution < -0.4 is 5.32 Å². The number of amides is 1. The third-order valence-corrected chi connectivity index (χ3v) is 2.80. The van der Waals surface area contributed by atoms with Crippen molar-refractivity contribution in [3.05, 3.63) is 53.1 Å². The van der Waals surface area contributed by atoms with Crippen molar-refractivity contribution in [2.75, 3.05) is 0 Å². The largest absolute Gasteiger partial charge is 0.508 e. The molecule has 0 aliphatic rings. The lowest BCUT2D eigenvalue weighted by Gasteiger charge is -2.07. The van der Waals surface area contributed by atoms with Gasteiger partial charge in [-0.15, -0.1) is 0 Å². The minimum Gasteiger partial charge on any atom is -0.508 e. The average Bonchev–Trinajstić information content (AvgIpc) is 2.35. The summed E-state index contributed by atoms with van der Waals surface area (Å²) in [6.45, 7) is 0.232. The minimum absolute atomic E-state index is 0.0940. The van der Waals surface area contributed by atoms with Crippen LogP contribution in [0.1, 0.15) is 5.56 Å². The van der Waals surface area contributed by atoms with Gasteiger partial charge in [0.15, 0.2) is 0 Å². The summed E-state index contributed by atoms with van der Waals surface area (Å²) in [5.74, 6) is 0.0940. The summed E-state index contributed by atoms with van der Waals surface area (Å²) in [6.07, 6.45) is -1.06. The third kappa shape index (κ3) is 3.63. The van der Waals surface area contributed by atoms with Crippen LogP contribution in [0.5, 0.6) is 5.75 Å². The van der Waals surface area contributed by atoms with Gasteiger partial charge in [0, 0.05) is 11.6 Å². The summed E-state index contributed by atoms with van der Waals surface area (Å²) in [4.78, 5) is 10.5. The molecule has 5 heteroatoms. The SMILES string of the molecule is O=C(O)NCc1cccc(-c2cc(O)cc(Cl)c2)c1. The Balaban J connectivity index is 2.29. The number of benzene rings is 2. The molecule has 0 saturated heterocycles. The summed E-state index contributed by atoms with van der Waals surface area (Å²) in [6, 6.07) is 12.2. The molecule has 0 atom stereocenters. The maximum absolute atomic E-state index is 10.5.